The van der Waals surface area contributed by atoms with Gasteiger partial charge in [-0.15, -0.1) is 0 Å². The number of carbonyl (C=O) groups is 1. The van der Waals surface area contributed by atoms with Gasteiger partial charge in [-0.05, 0) is 24.6 Å². The van der Waals surface area contributed by atoms with E-state index in [4.69, 9.17) is 10.2 Å². The summed E-state index contributed by atoms with van der Waals surface area (Å²) in [5.41, 5.74) is 0.689. The number of nitrogens with zero attached hydrogens (tertiary/aromatic N) is 1. The van der Waals surface area contributed by atoms with Gasteiger partial charge in [0.15, 0.2) is 0 Å². The van der Waals surface area contributed by atoms with Gasteiger partial charge in [0.1, 0.15) is 11.4 Å². The quantitative estimate of drug-likeness (QED) is 0.666. The third-order valence-corrected chi connectivity index (χ3v) is 2.09. The lowest BCUT2D eigenvalue weighted by molar-refractivity contribution is -0.132. The van der Waals surface area contributed by atoms with Crippen molar-refractivity contribution >= 4 is 12.0 Å². The van der Waals surface area contributed by atoms with Crippen LogP contribution in [0.4, 0.5) is 0 Å². The van der Waals surface area contributed by atoms with Gasteiger partial charge in [0.05, 0.1) is 12.3 Å². The van der Waals surface area contributed by atoms with Crippen LogP contribution in [0.1, 0.15) is 24.7 Å². The van der Waals surface area contributed by atoms with E-state index in [2.05, 4.69) is 4.98 Å². The minimum Gasteiger partial charge on any atom is -0.506 e. The average molecular weight is 223 g/mol. The SMILES string of the molecule is CCC(=Cc1nc(CO)ccc1O)C(=O)O. The molecule has 0 amide bonds. The Hall–Kier alpha value is -1.88. The predicted molar refractivity (Wildman–Crippen MR) is 57.7 cm³/mol. The molecule has 5 nitrogen and oxygen atoms in total. The van der Waals surface area contributed by atoms with Crippen LogP contribution in [0, 0.1) is 0 Å². The summed E-state index contributed by atoms with van der Waals surface area (Å²) in [5, 5.41) is 27.2. The van der Waals surface area contributed by atoms with E-state index in [-0.39, 0.29) is 23.6 Å². The standard InChI is InChI=1S/C11H13NO4/c1-2-7(11(15)16)5-9-10(14)4-3-8(6-13)12-9/h3-5,13-14H,2,6H2,1H3,(H,15,16). The maximum Gasteiger partial charge on any atom is 0.331 e. The largest absolute Gasteiger partial charge is 0.506 e. The second kappa shape index (κ2) is 5.27. The van der Waals surface area contributed by atoms with Crippen molar-refractivity contribution in [2.75, 3.05) is 0 Å². The molecule has 1 rings (SSSR count). The van der Waals surface area contributed by atoms with Crippen molar-refractivity contribution in [3.63, 3.8) is 0 Å². The molecule has 86 valence electrons. The number of pyridine rings is 1. The van der Waals surface area contributed by atoms with Crippen LogP contribution in [0.2, 0.25) is 0 Å². The second-order valence-corrected chi connectivity index (χ2v) is 3.19. The molecule has 0 saturated carbocycles. The van der Waals surface area contributed by atoms with Gasteiger partial charge in [0.2, 0.25) is 0 Å². The van der Waals surface area contributed by atoms with Crippen LogP contribution in [0.3, 0.4) is 0 Å². The number of carboxylic acids is 1. The Kier molecular flexibility index (Phi) is 4.02. The Labute approximate surface area is 92.7 Å². The number of aromatic hydroxyl groups is 1. The maximum atomic E-state index is 10.8. The lowest BCUT2D eigenvalue weighted by atomic mass is 10.1. The highest BCUT2D eigenvalue weighted by atomic mass is 16.4. The molecule has 0 fully saturated rings. The van der Waals surface area contributed by atoms with E-state index < -0.39 is 5.97 Å². The van der Waals surface area contributed by atoms with Crippen molar-refractivity contribution in [1.82, 2.24) is 4.98 Å². The number of aliphatic hydroxyl groups is 1. The molecular weight excluding hydrogens is 210 g/mol. The van der Waals surface area contributed by atoms with Crippen molar-refractivity contribution in [2.45, 2.75) is 20.0 Å². The van der Waals surface area contributed by atoms with E-state index in [0.717, 1.165) is 0 Å². The average Bonchev–Trinajstić information content (AvgIpc) is 2.27. The van der Waals surface area contributed by atoms with E-state index >= 15 is 0 Å². The maximum absolute atomic E-state index is 10.8. The first kappa shape index (κ1) is 12.2. The third-order valence-electron chi connectivity index (χ3n) is 2.09. The summed E-state index contributed by atoms with van der Waals surface area (Å²) in [4.78, 5) is 14.7. The van der Waals surface area contributed by atoms with Crippen LogP contribution in [0.15, 0.2) is 17.7 Å². The molecule has 5 heteroatoms. The Morgan fingerprint density at radius 2 is 2.19 bits per heavy atom. The van der Waals surface area contributed by atoms with Crippen LogP contribution in [0.25, 0.3) is 6.08 Å². The number of aliphatic carboxylic acids is 1. The zero-order chi connectivity index (χ0) is 12.1. The Bertz CT molecular complexity index is 426. The number of rotatable bonds is 4. The van der Waals surface area contributed by atoms with Crippen molar-refractivity contribution in [3.8, 4) is 5.75 Å². The molecule has 0 radical (unpaired) electrons. The first-order valence-corrected chi connectivity index (χ1v) is 4.82. The lowest BCUT2D eigenvalue weighted by Gasteiger charge is -2.03. The Balaban J connectivity index is 3.16. The van der Waals surface area contributed by atoms with Crippen LogP contribution >= 0.6 is 0 Å². The molecule has 3 N–H and O–H groups in total. The summed E-state index contributed by atoms with van der Waals surface area (Å²) < 4.78 is 0. The van der Waals surface area contributed by atoms with Gasteiger partial charge in [0, 0.05) is 5.57 Å². The van der Waals surface area contributed by atoms with Crippen LogP contribution in [0.5, 0.6) is 5.75 Å². The molecule has 1 aromatic rings. The molecule has 0 aromatic carbocycles. The minimum absolute atomic E-state index is 0.107. The lowest BCUT2D eigenvalue weighted by Crippen LogP contribution is -2.00. The Morgan fingerprint density at radius 1 is 1.50 bits per heavy atom. The summed E-state index contributed by atoms with van der Waals surface area (Å²) in [6.45, 7) is 1.45. The molecule has 0 bridgehead atoms. The Morgan fingerprint density at radius 3 is 2.69 bits per heavy atom. The van der Waals surface area contributed by atoms with Crippen molar-refractivity contribution in [3.05, 3.63) is 29.1 Å². The number of aliphatic hydroxyl groups excluding tert-OH is 1. The number of carboxylic acid groups (broad SMARTS) is 1. The zero-order valence-corrected chi connectivity index (χ0v) is 8.84. The van der Waals surface area contributed by atoms with Gasteiger partial charge >= 0.3 is 5.97 Å². The third kappa shape index (κ3) is 2.80. The first-order chi connectivity index (χ1) is 7.58. The fourth-order valence-corrected chi connectivity index (χ4v) is 1.18. The van der Waals surface area contributed by atoms with Crippen molar-refractivity contribution < 1.29 is 20.1 Å². The summed E-state index contributed by atoms with van der Waals surface area (Å²) >= 11 is 0. The normalized spacial score (nSPS) is 11.5. The van der Waals surface area contributed by atoms with Gasteiger partial charge in [-0.25, -0.2) is 9.78 Å². The topological polar surface area (TPSA) is 90.7 Å². The summed E-state index contributed by atoms with van der Waals surface area (Å²) in [6.07, 6.45) is 1.64. The molecule has 1 aromatic heterocycles. The van der Waals surface area contributed by atoms with Crippen molar-refractivity contribution in [2.24, 2.45) is 0 Å². The van der Waals surface area contributed by atoms with Crippen LogP contribution in [-0.4, -0.2) is 26.3 Å². The van der Waals surface area contributed by atoms with E-state index in [0.29, 0.717) is 12.1 Å². The molecule has 16 heavy (non-hydrogen) atoms. The van der Waals surface area contributed by atoms with Crippen LogP contribution < -0.4 is 0 Å². The van der Waals surface area contributed by atoms with Gasteiger partial charge < -0.3 is 15.3 Å². The molecule has 1 heterocycles. The molecule has 0 aliphatic rings. The minimum atomic E-state index is -1.04. The van der Waals surface area contributed by atoms with Gasteiger partial charge in [-0.3, -0.25) is 0 Å². The number of aromatic nitrogens is 1. The molecule has 0 atom stereocenters. The molecule has 0 saturated heterocycles. The van der Waals surface area contributed by atoms with Crippen LogP contribution in [-0.2, 0) is 11.4 Å². The summed E-state index contributed by atoms with van der Waals surface area (Å²) in [7, 11) is 0. The van der Waals surface area contributed by atoms with Gasteiger partial charge in [0.25, 0.3) is 0 Å². The van der Waals surface area contributed by atoms with E-state index in [9.17, 15) is 9.90 Å². The molecule has 0 aliphatic heterocycles. The summed E-state index contributed by atoms with van der Waals surface area (Å²) in [6, 6.07) is 2.85. The molecule has 0 spiro atoms. The highest BCUT2D eigenvalue weighted by molar-refractivity contribution is 5.92. The number of hydrogen-bond acceptors (Lipinski definition) is 4. The molecular formula is C11H13NO4. The highest BCUT2D eigenvalue weighted by Crippen LogP contribution is 2.19. The fourth-order valence-electron chi connectivity index (χ4n) is 1.18. The molecule has 0 aliphatic carbocycles. The first-order valence-electron chi connectivity index (χ1n) is 4.82. The zero-order valence-electron chi connectivity index (χ0n) is 8.84. The second-order valence-electron chi connectivity index (χ2n) is 3.19. The molecule has 0 unspecified atom stereocenters. The monoisotopic (exact) mass is 223 g/mol. The highest BCUT2D eigenvalue weighted by Gasteiger charge is 2.08. The fraction of sp³-hybridized carbons (Fsp3) is 0.273. The van der Waals surface area contributed by atoms with Gasteiger partial charge in [-0.1, -0.05) is 6.92 Å². The van der Waals surface area contributed by atoms with Gasteiger partial charge in [-0.2, -0.15) is 0 Å². The van der Waals surface area contributed by atoms with E-state index in [1.54, 1.807) is 6.92 Å². The van der Waals surface area contributed by atoms with Crippen molar-refractivity contribution in [1.29, 1.82) is 0 Å². The smallest absolute Gasteiger partial charge is 0.331 e. The number of hydrogen-bond donors (Lipinski definition) is 3. The predicted octanol–water partition coefficient (Wildman–Crippen LogP) is 1.16. The van der Waals surface area contributed by atoms with E-state index in [1.807, 2.05) is 0 Å². The van der Waals surface area contributed by atoms with E-state index in [1.165, 1.54) is 18.2 Å². The summed E-state index contributed by atoms with van der Waals surface area (Å²) in [5.74, 6) is -1.15.